The van der Waals surface area contributed by atoms with Crippen LogP contribution in [0.1, 0.15) is 5.69 Å². The van der Waals surface area contributed by atoms with Gasteiger partial charge in [0.25, 0.3) is 5.56 Å². The van der Waals surface area contributed by atoms with Gasteiger partial charge in [-0.15, -0.1) is 0 Å². The van der Waals surface area contributed by atoms with Crippen molar-refractivity contribution in [2.24, 2.45) is 14.1 Å². The number of methoxy groups -OCH3 is 1. The third kappa shape index (κ3) is 2.63. The number of ether oxygens (including phenoxy) is 2. The molecule has 0 atom stereocenters. The van der Waals surface area contributed by atoms with Gasteiger partial charge in [-0.25, -0.2) is 4.79 Å². The summed E-state index contributed by atoms with van der Waals surface area (Å²) < 4.78 is 16.7. The monoisotopic (exact) mass is 383 g/mol. The third-order valence-electron chi connectivity index (χ3n) is 4.79. The Morgan fingerprint density at radius 3 is 2.43 bits per heavy atom. The Morgan fingerprint density at radius 2 is 1.75 bits per heavy atom. The fourth-order valence-electron chi connectivity index (χ4n) is 3.34. The Balaban J connectivity index is 1.88. The Labute approximate surface area is 160 Å². The fourth-order valence-corrected chi connectivity index (χ4v) is 3.34. The number of aryl methyl sites for hydroxylation is 2. The lowest BCUT2D eigenvalue weighted by atomic mass is 10.3. The number of hydrogen-bond acceptors (Lipinski definition) is 5. The molecule has 28 heavy (non-hydrogen) atoms. The van der Waals surface area contributed by atoms with E-state index < -0.39 is 5.69 Å². The smallest absolute Gasteiger partial charge is 0.332 e. The molecular formula is C19H21N5O4. The van der Waals surface area contributed by atoms with E-state index in [-0.39, 0.29) is 5.56 Å². The molecule has 0 N–H and O–H groups in total. The first-order valence-corrected chi connectivity index (χ1v) is 8.82. The first kappa shape index (κ1) is 18.1. The van der Waals surface area contributed by atoms with Crippen LogP contribution >= 0.6 is 0 Å². The third-order valence-corrected chi connectivity index (χ3v) is 4.79. The molecule has 4 rings (SSSR count). The molecule has 9 nitrogen and oxygen atoms in total. The van der Waals surface area contributed by atoms with E-state index in [1.54, 1.807) is 18.6 Å². The summed E-state index contributed by atoms with van der Waals surface area (Å²) in [6, 6.07) is 7.59. The van der Waals surface area contributed by atoms with Gasteiger partial charge in [-0.3, -0.25) is 22.9 Å². The van der Waals surface area contributed by atoms with E-state index in [1.165, 1.54) is 11.6 Å². The van der Waals surface area contributed by atoms with Crippen LogP contribution < -0.4 is 16.0 Å². The van der Waals surface area contributed by atoms with E-state index in [2.05, 4.69) is 4.98 Å². The quantitative estimate of drug-likeness (QED) is 0.480. The highest BCUT2D eigenvalue weighted by molar-refractivity contribution is 5.76. The van der Waals surface area contributed by atoms with Crippen molar-refractivity contribution in [2.75, 3.05) is 20.3 Å². The van der Waals surface area contributed by atoms with Gasteiger partial charge in [0.05, 0.1) is 6.61 Å². The van der Waals surface area contributed by atoms with Crippen LogP contribution in [0, 0.1) is 6.92 Å². The largest absolute Gasteiger partial charge is 0.491 e. The SMILES string of the molecule is COCCOc1ccc(-n2c(C)cn3c4c(=O)n(C)c(=O)n(C)c4nc23)cc1. The van der Waals surface area contributed by atoms with Crippen molar-refractivity contribution in [2.45, 2.75) is 6.92 Å². The molecule has 0 bridgehead atoms. The van der Waals surface area contributed by atoms with Crippen molar-refractivity contribution < 1.29 is 9.47 Å². The van der Waals surface area contributed by atoms with Gasteiger partial charge in [-0.1, -0.05) is 0 Å². The molecule has 9 heteroatoms. The van der Waals surface area contributed by atoms with Gasteiger partial charge < -0.3 is 9.47 Å². The van der Waals surface area contributed by atoms with Crippen molar-refractivity contribution in [1.82, 2.24) is 23.1 Å². The van der Waals surface area contributed by atoms with Crippen LogP contribution in [-0.4, -0.2) is 43.4 Å². The zero-order chi connectivity index (χ0) is 20.0. The molecule has 0 aliphatic rings. The minimum absolute atomic E-state index is 0.358. The second-order valence-corrected chi connectivity index (χ2v) is 6.60. The highest BCUT2D eigenvalue weighted by Gasteiger charge is 2.19. The van der Waals surface area contributed by atoms with Gasteiger partial charge >= 0.3 is 5.69 Å². The summed E-state index contributed by atoms with van der Waals surface area (Å²) in [7, 11) is 4.71. The van der Waals surface area contributed by atoms with E-state index in [4.69, 9.17) is 9.47 Å². The molecule has 0 aliphatic carbocycles. The lowest BCUT2D eigenvalue weighted by Crippen LogP contribution is -2.37. The van der Waals surface area contributed by atoms with Crippen LogP contribution in [0.3, 0.4) is 0 Å². The molecule has 0 saturated heterocycles. The second-order valence-electron chi connectivity index (χ2n) is 6.60. The van der Waals surface area contributed by atoms with E-state index in [1.807, 2.05) is 42.0 Å². The molecular weight excluding hydrogens is 362 g/mol. The number of hydrogen-bond donors (Lipinski definition) is 0. The molecule has 1 aromatic carbocycles. The molecule has 3 aromatic heterocycles. The second kappa shape index (κ2) is 6.68. The van der Waals surface area contributed by atoms with Crippen LogP contribution in [0.25, 0.3) is 22.6 Å². The average Bonchev–Trinajstić information content (AvgIpc) is 3.20. The molecule has 0 unspecified atom stereocenters. The maximum Gasteiger partial charge on any atom is 0.332 e. The number of nitrogens with zero attached hydrogens (tertiary/aromatic N) is 5. The summed E-state index contributed by atoms with van der Waals surface area (Å²) in [6.45, 7) is 2.94. The van der Waals surface area contributed by atoms with Crippen molar-refractivity contribution in [1.29, 1.82) is 0 Å². The van der Waals surface area contributed by atoms with E-state index in [0.717, 1.165) is 21.7 Å². The number of rotatable bonds is 5. The standard InChI is InChI=1S/C19H21N5O4/c1-12-11-23-15-16(21(2)19(26)22(3)17(15)25)20-18(23)24(12)13-5-7-14(8-6-13)28-10-9-27-4/h5-8,11H,9-10H2,1-4H3. The van der Waals surface area contributed by atoms with E-state index in [9.17, 15) is 9.59 Å². The predicted molar refractivity (Wildman–Crippen MR) is 105 cm³/mol. The first-order valence-electron chi connectivity index (χ1n) is 8.82. The minimum atomic E-state index is -0.404. The topological polar surface area (TPSA) is 84.7 Å². The lowest BCUT2D eigenvalue weighted by molar-refractivity contribution is 0.146. The molecule has 0 aliphatic heterocycles. The molecule has 0 amide bonds. The number of fused-ring (bicyclic) bond motifs is 3. The van der Waals surface area contributed by atoms with Crippen LogP contribution in [0.5, 0.6) is 5.75 Å². The summed E-state index contributed by atoms with van der Waals surface area (Å²) in [5, 5.41) is 0. The molecule has 0 saturated carbocycles. The van der Waals surface area contributed by atoms with E-state index in [0.29, 0.717) is 30.2 Å². The minimum Gasteiger partial charge on any atom is -0.491 e. The van der Waals surface area contributed by atoms with Crippen molar-refractivity contribution in [3.8, 4) is 11.4 Å². The number of imidazole rings is 2. The van der Waals surface area contributed by atoms with Gasteiger partial charge in [-0.05, 0) is 31.2 Å². The summed E-state index contributed by atoms with van der Waals surface area (Å²) in [6.07, 6.45) is 1.85. The maximum atomic E-state index is 12.7. The van der Waals surface area contributed by atoms with Gasteiger partial charge in [0.2, 0.25) is 5.78 Å². The zero-order valence-electron chi connectivity index (χ0n) is 16.2. The highest BCUT2D eigenvalue weighted by Crippen LogP contribution is 2.22. The van der Waals surface area contributed by atoms with Crippen molar-refractivity contribution >= 4 is 16.9 Å². The van der Waals surface area contributed by atoms with Crippen LogP contribution in [0.2, 0.25) is 0 Å². The molecule has 0 spiro atoms. The van der Waals surface area contributed by atoms with Gasteiger partial charge in [0.15, 0.2) is 11.2 Å². The highest BCUT2D eigenvalue weighted by atomic mass is 16.5. The Kier molecular flexibility index (Phi) is 4.31. The number of benzene rings is 1. The van der Waals surface area contributed by atoms with Gasteiger partial charge in [0.1, 0.15) is 12.4 Å². The summed E-state index contributed by atoms with van der Waals surface area (Å²) in [4.78, 5) is 29.5. The van der Waals surface area contributed by atoms with E-state index >= 15 is 0 Å². The lowest BCUT2D eigenvalue weighted by Gasteiger charge is -2.09. The Morgan fingerprint density at radius 1 is 1.04 bits per heavy atom. The van der Waals surface area contributed by atoms with Crippen LogP contribution in [-0.2, 0) is 18.8 Å². The van der Waals surface area contributed by atoms with Gasteiger partial charge in [0, 0.05) is 38.8 Å². The average molecular weight is 383 g/mol. The molecule has 0 fully saturated rings. The molecule has 3 heterocycles. The van der Waals surface area contributed by atoms with Crippen LogP contribution in [0.4, 0.5) is 0 Å². The Bertz CT molecular complexity index is 1290. The predicted octanol–water partition coefficient (Wildman–Crippen LogP) is 1.01. The summed E-state index contributed by atoms with van der Waals surface area (Å²) >= 11 is 0. The Hall–Kier alpha value is -3.33. The molecule has 146 valence electrons. The maximum absolute atomic E-state index is 12.7. The van der Waals surface area contributed by atoms with Crippen molar-refractivity contribution in [3.63, 3.8) is 0 Å². The molecule has 4 aromatic rings. The van der Waals surface area contributed by atoms with Crippen molar-refractivity contribution in [3.05, 3.63) is 57.0 Å². The number of aromatic nitrogens is 5. The summed E-state index contributed by atoms with van der Waals surface area (Å²) in [5.41, 5.74) is 1.75. The first-order chi connectivity index (χ1) is 13.4. The zero-order valence-corrected chi connectivity index (χ0v) is 16.2. The normalized spacial score (nSPS) is 11.6. The van der Waals surface area contributed by atoms with Gasteiger partial charge in [-0.2, -0.15) is 4.98 Å². The molecule has 0 radical (unpaired) electrons. The fraction of sp³-hybridized carbons (Fsp3) is 0.316. The summed E-state index contributed by atoms with van der Waals surface area (Å²) in [5.74, 6) is 1.31. The van der Waals surface area contributed by atoms with Crippen LogP contribution in [0.15, 0.2) is 40.1 Å².